The number of anilines is 1. The van der Waals surface area contributed by atoms with E-state index in [0.717, 1.165) is 11.1 Å². The normalized spacial score (nSPS) is 11.5. The molecule has 3 N–H and O–H groups in total. The van der Waals surface area contributed by atoms with Crippen molar-refractivity contribution in [3.63, 3.8) is 0 Å². The fourth-order valence-electron chi connectivity index (χ4n) is 2.29. The molecular formula is C18H20N2O4. The first-order valence-electron chi connectivity index (χ1n) is 7.47. The van der Waals surface area contributed by atoms with Crippen molar-refractivity contribution in [2.75, 3.05) is 19.0 Å². The summed E-state index contributed by atoms with van der Waals surface area (Å²) in [7, 11) is 1.32. The Labute approximate surface area is 140 Å². The molecule has 0 radical (unpaired) electrons. The van der Waals surface area contributed by atoms with E-state index >= 15 is 0 Å². The molecule has 0 aliphatic rings. The smallest absolute Gasteiger partial charge is 0.337 e. The van der Waals surface area contributed by atoms with Crippen LogP contribution in [0.3, 0.4) is 0 Å². The number of ether oxygens (including phenoxy) is 1. The molecule has 0 aliphatic carbocycles. The zero-order valence-corrected chi connectivity index (χ0v) is 13.6. The van der Waals surface area contributed by atoms with Gasteiger partial charge in [0.1, 0.15) is 0 Å². The zero-order chi connectivity index (χ0) is 17.5. The highest BCUT2D eigenvalue weighted by Crippen LogP contribution is 2.18. The van der Waals surface area contributed by atoms with E-state index in [0.29, 0.717) is 11.3 Å². The number of aryl methyl sites for hydroxylation is 1. The average Bonchev–Trinajstić information content (AvgIpc) is 2.61. The van der Waals surface area contributed by atoms with Crippen LogP contribution in [0.4, 0.5) is 10.5 Å². The van der Waals surface area contributed by atoms with E-state index in [1.807, 2.05) is 30.3 Å². The molecule has 2 aromatic rings. The first-order valence-corrected chi connectivity index (χ1v) is 7.47. The first-order chi connectivity index (χ1) is 11.5. The lowest BCUT2D eigenvalue weighted by molar-refractivity contribution is 0.0600. The predicted molar refractivity (Wildman–Crippen MR) is 90.9 cm³/mol. The van der Waals surface area contributed by atoms with E-state index in [2.05, 4.69) is 15.4 Å². The fourth-order valence-corrected chi connectivity index (χ4v) is 2.29. The van der Waals surface area contributed by atoms with Crippen LogP contribution in [0.2, 0.25) is 0 Å². The second kappa shape index (κ2) is 8.12. The molecule has 0 bridgehead atoms. The van der Waals surface area contributed by atoms with Crippen molar-refractivity contribution in [3.05, 3.63) is 65.2 Å². The van der Waals surface area contributed by atoms with Crippen molar-refractivity contribution < 1.29 is 19.4 Å². The number of nitrogens with one attached hydrogen (secondary N) is 2. The lowest BCUT2D eigenvalue weighted by atomic mass is 10.1. The number of benzene rings is 2. The maximum Gasteiger partial charge on any atom is 0.337 e. The number of urea groups is 1. The fraction of sp³-hybridized carbons (Fsp3) is 0.222. The van der Waals surface area contributed by atoms with Gasteiger partial charge in [-0.05, 0) is 36.2 Å². The van der Waals surface area contributed by atoms with E-state index in [9.17, 15) is 14.7 Å². The van der Waals surface area contributed by atoms with E-state index in [4.69, 9.17) is 0 Å². The number of carbonyl (C=O) groups is 2. The molecule has 2 aromatic carbocycles. The summed E-state index contributed by atoms with van der Waals surface area (Å²) >= 11 is 0. The van der Waals surface area contributed by atoms with Gasteiger partial charge in [-0.1, -0.05) is 30.3 Å². The lowest BCUT2D eigenvalue weighted by Crippen LogP contribution is -2.34. The number of methoxy groups -OCH3 is 1. The van der Waals surface area contributed by atoms with Gasteiger partial charge in [0.05, 0.1) is 25.3 Å². The van der Waals surface area contributed by atoms with Crippen molar-refractivity contribution >= 4 is 17.7 Å². The molecule has 2 amide bonds. The van der Waals surface area contributed by atoms with E-state index in [1.165, 1.54) is 7.11 Å². The molecule has 2 rings (SSSR count). The zero-order valence-electron chi connectivity index (χ0n) is 13.6. The van der Waals surface area contributed by atoms with Crippen molar-refractivity contribution in [2.45, 2.75) is 13.0 Å². The quantitative estimate of drug-likeness (QED) is 0.736. The average molecular weight is 328 g/mol. The molecule has 6 heteroatoms. The highest BCUT2D eigenvalue weighted by Gasteiger charge is 2.14. The number of amides is 2. The van der Waals surface area contributed by atoms with Gasteiger partial charge in [-0.15, -0.1) is 0 Å². The minimum atomic E-state index is -0.499. The number of esters is 1. The first kappa shape index (κ1) is 17.5. The van der Waals surface area contributed by atoms with Gasteiger partial charge in [-0.25, -0.2) is 9.59 Å². The van der Waals surface area contributed by atoms with Gasteiger partial charge in [0, 0.05) is 5.69 Å². The van der Waals surface area contributed by atoms with Gasteiger partial charge in [0.25, 0.3) is 0 Å². The Kier molecular flexibility index (Phi) is 5.92. The van der Waals surface area contributed by atoms with Crippen LogP contribution in [0, 0.1) is 6.92 Å². The van der Waals surface area contributed by atoms with Crippen molar-refractivity contribution in [2.24, 2.45) is 0 Å². The molecule has 0 saturated carbocycles. The molecule has 126 valence electrons. The van der Waals surface area contributed by atoms with E-state index in [-0.39, 0.29) is 6.61 Å². The maximum absolute atomic E-state index is 12.2. The SMILES string of the molecule is COC(=O)c1ccc(NC(=O)N[C@H](CO)c2ccccc2)c(C)c1. The van der Waals surface area contributed by atoms with Crippen LogP contribution in [-0.2, 0) is 4.74 Å². The number of hydrogen-bond acceptors (Lipinski definition) is 4. The van der Waals surface area contributed by atoms with Crippen molar-refractivity contribution in [1.82, 2.24) is 5.32 Å². The Bertz CT molecular complexity index is 716. The monoisotopic (exact) mass is 328 g/mol. The summed E-state index contributed by atoms with van der Waals surface area (Å²) in [5.41, 5.74) is 2.53. The second-order valence-corrected chi connectivity index (χ2v) is 5.27. The summed E-state index contributed by atoms with van der Waals surface area (Å²) in [6.45, 7) is 1.57. The standard InChI is InChI=1S/C18H20N2O4/c1-12-10-14(17(22)24-2)8-9-15(12)19-18(23)20-16(11-21)13-6-4-3-5-7-13/h3-10,16,21H,11H2,1-2H3,(H2,19,20,23)/t16-/m1/s1. The van der Waals surface area contributed by atoms with Gasteiger partial charge in [0.15, 0.2) is 0 Å². The molecule has 6 nitrogen and oxygen atoms in total. The highest BCUT2D eigenvalue weighted by molar-refractivity contribution is 5.93. The summed E-state index contributed by atoms with van der Waals surface area (Å²) in [5.74, 6) is -0.432. The Hall–Kier alpha value is -2.86. The number of carbonyl (C=O) groups excluding carboxylic acids is 2. The molecule has 1 atom stereocenters. The molecule has 0 aromatic heterocycles. The van der Waals surface area contributed by atoms with Crippen LogP contribution in [0.1, 0.15) is 27.5 Å². The Balaban J connectivity index is 2.05. The minimum Gasteiger partial charge on any atom is -0.465 e. The maximum atomic E-state index is 12.2. The number of aliphatic hydroxyl groups is 1. The van der Waals surface area contributed by atoms with Crippen LogP contribution in [0.25, 0.3) is 0 Å². The van der Waals surface area contributed by atoms with Crippen molar-refractivity contribution in [3.8, 4) is 0 Å². The third-order valence-electron chi connectivity index (χ3n) is 3.59. The molecule has 0 unspecified atom stereocenters. The Morgan fingerprint density at radius 2 is 1.88 bits per heavy atom. The molecule has 0 aliphatic heterocycles. The largest absolute Gasteiger partial charge is 0.465 e. The minimum absolute atomic E-state index is 0.211. The molecule has 24 heavy (non-hydrogen) atoms. The van der Waals surface area contributed by atoms with Crippen LogP contribution < -0.4 is 10.6 Å². The summed E-state index contributed by atoms with van der Waals surface area (Å²) < 4.78 is 4.66. The Morgan fingerprint density at radius 1 is 1.17 bits per heavy atom. The Morgan fingerprint density at radius 3 is 2.46 bits per heavy atom. The van der Waals surface area contributed by atoms with Gasteiger partial charge in [-0.3, -0.25) is 0 Å². The molecular weight excluding hydrogens is 308 g/mol. The number of aliphatic hydroxyl groups excluding tert-OH is 1. The van der Waals surface area contributed by atoms with Crippen molar-refractivity contribution in [1.29, 1.82) is 0 Å². The number of hydrogen-bond donors (Lipinski definition) is 3. The molecule has 0 spiro atoms. The molecule has 0 heterocycles. The van der Waals surface area contributed by atoms with Crippen LogP contribution in [0.15, 0.2) is 48.5 Å². The lowest BCUT2D eigenvalue weighted by Gasteiger charge is -2.18. The van der Waals surface area contributed by atoms with Gasteiger partial charge < -0.3 is 20.5 Å². The highest BCUT2D eigenvalue weighted by atomic mass is 16.5. The topological polar surface area (TPSA) is 87.7 Å². The second-order valence-electron chi connectivity index (χ2n) is 5.27. The van der Waals surface area contributed by atoms with Gasteiger partial charge in [0.2, 0.25) is 0 Å². The van der Waals surface area contributed by atoms with Crippen LogP contribution in [0.5, 0.6) is 0 Å². The summed E-state index contributed by atoms with van der Waals surface area (Å²) in [6.07, 6.45) is 0. The number of rotatable bonds is 5. The molecule has 0 fully saturated rings. The summed E-state index contributed by atoms with van der Waals surface area (Å²) in [6, 6.07) is 13.1. The third-order valence-corrected chi connectivity index (χ3v) is 3.59. The van der Waals surface area contributed by atoms with E-state index < -0.39 is 18.0 Å². The van der Waals surface area contributed by atoms with Gasteiger partial charge >= 0.3 is 12.0 Å². The molecule has 0 saturated heterocycles. The summed E-state index contributed by atoms with van der Waals surface area (Å²) in [5, 5.41) is 14.9. The third kappa shape index (κ3) is 4.33. The van der Waals surface area contributed by atoms with E-state index in [1.54, 1.807) is 25.1 Å². The van der Waals surface area contributed by atoms with Gasteiger partial charge in [-0.2, -0.15) is 0 Å². The van der Waals surface area contributed by atoms with Crippen LogP contribution >= 0.6 is 0 Å². The summed E-state index contributed by atoms with van der Waals surface area (Å²) in [4.78, 5) is 23.6. The predicted octanol–water partition coefficient (Wildman–Crippen LogP) is 2.64. The van der Waals surface area contributed by atoms with Crippen LogP contribution in [-0.4, -0.2) is 30.8 Å².